The number of rotatable bonds is 6. The van der Waals surface area contributed by atoms with E-state index >= 15 is 0 Å². The Hall–Kier alpha value is -2.41. The summed E-state index contributed by atoms with van der Waals surface area (Å²) in [6.07, 6.45) is 0. The predicted molar refractivity (Wildman–Crippen MR) is 86.7 cm³/mol. The van der Waals surface area contributed by atoms with Gasteiger partial charge in [-0.1, -0.05) is 23.9 Å². The number of Topliss-reactive ketones (excluding diaryl/α,β-unsaturated/α-hetero) is 1. The first-order chi connectivity index (χ1) is 11.5. The van der Waals surface area contributed by atoms with Crippen LogP contribution in [0.3, 0.4) is 0 Å². The maximum absolute atomic E-state index is 12.4. The second-order valence-electron chi connectivity index (χ2n) is 4.97. The highest BCUT2D eigenvalue weighted by atomic mass is 32.2. The number of halogens is 2. The second-order valence-corrected chi connectivity index (χ2v) is 6.27. The number of oxazole rings is 1. The number of alkyl halides is 2. The van der Waals surface area contributed by atoms with Gasteiger partial charge in [0.15, 0.2) is 11.4 Å². The molecule has 0 aliphatic rings. The Labute approximate surface area is 140 Å². The third-order valence-electron chi connectivity index (χ3n) is 3.29. The molecule has 0 aliphatic heterocycles. The van der Waals surface area contributed by atoms with Crippen LogP contribution in [0.15, 0.2) is 58.2 Å². The van der Waals surface area contributed by atoms with E-state index in [9.17, 15) is 13.6 Å². The third kappa shape index (κ3) is 3.73. The summed E-state index contributed by atoms with van der Waals surface area (Å²) in [6.45, 7) is -1.15. The number of carbonyl (C=O) groups excluding carboxylic acids is 1. The van der Waals surface area contributed by atoms with Gasteiger partial charge in [0.2, 0.25) is 0 Å². The molecule has 0 fully saturated rings. The maximum Gasteiger partial charge on any atom is 0.387 e. The minimum atomic E-state index is -2.89. The summed E-state index contributed by atoms with van der Waals surface area (Å²) in [5, 5.41) is -0.0189. The molecular formula is C17H13F2NO3S. The van der Waals surface area contributed by atoms with Crippen molar-refractivity contribution in [3.8, 4) is 5.75 Å². The Bertz CT molecular complexity index is 815. The van der Waals surface area contributed by atoms with Gasteiger partial charge in [0.05, 0.1) is 5.25 Å². The van der Waals surface area contributed by atoms with E-state index in [0.717, 1.165) is 5.52 Å². The Morgan fingerprint density at radius 2 is 1.88 bits per heavy atom. The molecule has 0 amide bonds. The van der Waals surface area contributed by atoms with E-state index in [-0.39, 0.29) is 11.5 Å². The summed E-state index contributed by atoms with van der Waals surface area (Å²) in [5.74, 6) is -0.133. The molecule has 24 heavy (non-hydrogen) atoms. The zero-order chi connectivity index (χ0) is 17.1. The van der Waals surface area contributed by atoms with Crippen molar-refractivity contribution in [1.29, 1.82) is 0 Å². The number of fused-ring (bicyclic) bond motifs is 1. The number of benzene rings is 2. The summed E-state index contributed by atoms with van der Waals surface area (Å²) in [7, 11) is 0. The summed E-state index contributed by atoms with van der Waals surface area (Å²) in [5.41, 5.74) is 1.80. The first-order valence-corrected chi connectivity index (χ1v) is 8.02. The molecule has 7 heteroatoms. The lowest BCUT2D eigenvalue weighted by atomic mass is 10.1. The van der Waals surface area contributed by atoms with Gasteiger partial charge in [0, 0.05) is 5.56 Å². The van der Waals surface area contributed by atoms with Crippen LogP contribution in [0, 0.1) is 0 Å². The van der Waals surface area contributed by atoms with E-state index in [1.165, 1.54) is 36.0 Å². The van der Waals surface area contributed by atoms with Crippen molar-refractivity contribution in [2.45, 2.75) is 24.0 Å². The monoisotopic (exact) mass is 349 g/mol. The number of nitrogens with zero attached hydrogens (tertiary/aromatic N) is 1. The number of hydrogen-bond acceptors (Lipinski definition) is 5. The fourth-order valence-electron chi connectivity index (χ4n) is 2.14. The van der Waals surface area contributed by atoms with E-state index in [1.54, 1.807) is 13.0 Å². The molecule has 0 spiro atoms. The molecule has 0 radical (unpaired) electrons. The first kappa shape index (κ1) is 16.4. The van der Waals surface area contributed by atoms with Gasteiger partial charge in [-0.05, 0) is 43.3 Å². The second kappa shape index (κ2) is 7.00. The van der Waals surface area contributed by atoms with Crippen molar-refractivity contribution in [3.63, 3.8) is 0 Å². The van der Waals surface area contributed by atoms with Crippen LogP contribution >= 0.6 is 11.8 Å². The summed E-state index contributed by atoms with van der Waals surface area (Å²) in [6, 6.07) is 13.0. The Balaban J connectivity index is 1.69. The van der Waals surface area contributed by atoms with Gasteiger partial charge in [-0.25, -0.2) is 4.98 Å². The van der Waals surface area contributed by atoms with Crippen LogP contribution in [0.2, 0.25) is 0 Å². The summed E-state index contributed by atoms with van der Waals surface area (Å²) < 4.78 is 34.1. The molecular weight excluding hydrogens is 336 g/mol. The quantitative estimate of drug-likeness (QED) is 0.473. The van der Waals surface area contributed by atoms with Crippen molar-refractivity contribution in [2.75, 3.05) is 0 Å². The minimum absolute atomic E-state index is 0.0146. The van der Waals surface area contributed by atoms with Crippen LogP contribution < -0.4 is 4.74 Å². The fourth-order valence-corrected chi connectivity index (χ4v) is 2.98. The van der Waals surface area contributed by atoms with Gasteiger partial charge in [0.1, 0.15) is 11.3 Å². The molecule has 0 N–H and O–H groups in total. The average molecular weight is 349 g/mol. The molecule has 2 aromatic carbocycles. The zero-order valence-electron chi connectivity index (χ0n) is 12.6. The Morgan fingerprint density at radius 3 is 2.54 bits per heavy atom. The van der Waals surface area contributed by atoms with Gasteiger partial charge >= 0.3 is 6.61 Å². The molecule has 0 unspecified atom stereocenters. The summed E-state index contributed by atoms with van der Waals surface area (Å²) >= 11 is 1.21. The summed E-state index contributed by atoms with van der Waals surface area (Å²) in [4.78, 5) is 16.7. The normalized spacial score (nSPS) is 12.5. The third-order valence-corrected chi connectivity index (χ3v) is 4.23. The predicted octanol–water partition coefficient (Wildman–Crippen LogP) is 4.79. The highest BCUT2D eigenvalue weighted by molar-refractivity contribution is 8.00. The fraction of sp³-hybridized carbons (Fsp3) is 0.176. The number of thioether (sulfide) groups is 1. The number of aromatic nitrogens is 1. The van der Waals surface area contributed by atoms with Crippen LogP contribution in [0.25, 0.3) is 11.1 Å². The number of para-hydroxylation sites is 2. The lowest BCUT2D eigenvalue weighted by Gasteiger charge is -2.09. The SMILES string of the molecule is C[C@@H](Sc1nc2ccccc2o1)C(=O)c1ccc(OC(F)F)cc1. The van der Waals surface area contributed by atoms with E-state index < -0.39 is 11.9 Å². The lowest BCUT2D eigenvalue weighted by molar-refractivity contribution is -0.0498. The molecule has 3 aromatic rings. The van der Waals surface area contributed by atoms with Crippen LogP contribution in [0.5, 0.6) is 5.75 Å². The van der Waals surface area contributed by atoms with E-state index in [1.807, 2.05) is 18.2 Å². The smallest absolute Gasteiger partial charge is 0.387 e. The molecule has 124 valence electrons. The standard InChI is InChI=1S/C17H13F2NO3S/c1-10(24-17-20-13-4-2-3-5-14(13)23-17)15(21)11-6-8-12(9-7-11)22-16(18)19/h2-10,16H,1H3/t10-/m1/s1. The molecule has 0 saturated heterocycles. The zero-order valence-corrected chi connectivity index (χ0v) is 13.4. The number of carbonyl (C=O) groups is 1. The van der Waals surface area contributed by atoms with Crippen molar-refractivity contribution in [2.24, 2.45) is 0 Å². The van der Waals surface area contributed by atoms with Crippen molar-refractivity contribution >= 4 is 28.6 Å². The van der Waals surface area contributed by atoms with Gasteiger partial charge in [-0.2, -0.15) is 8.78 Å². The molecule has 0 bridgehead atoms. The topological polar surface area (TPSA) is 52.3 Å². The van der Waals surface area contributed by atoms with Gasteiger partial charge < -0.3 is 9.15 Å². The van der Waals surface area contributed by atoms with Crippen LogP contribution in [-0.2, 0) is 0 Å². The molecule has 4 nitrogen and oxygen atoms in total. The van der Waals surface area contributed by atoms with Crippen molar-refractivity contribution in [1.82, 2.24) is 4.98 Å². The highest BCUT2D eigenvalue weighted by Gasteiger charge is 2.19. The minimum Gasteiger partial charge on any atom is -0.435 e. The van der Waals surface area contributed by atoms with Crippen LogP contribution in [0.1, 0.15) is 17.3 Å². The lowest BCUT2D eigenvalue weighted by Crippen LogP contribution is -2.13. The van der Waals surface area contributed by atoms with Crippen LogP contribution in [-0.4, -0.2) is 22.6 Å². The van der Waals surface area contributed by atoms with Gasteiger partial charge in [0.25, 0.3) is 5.22 Å². The number of hydrogen-bond donors (Lipinski definition) is 0. The first-order valence-electron chi connectivity index (χ1n) is 7.14. The molecule has 1 heterocycles. The largest absolute Gasteiger partial charge is 0.435 e. The highest BCUT2D eigenvalue weighted by Crippen LogP contribution is 2.28. The number of ketones is 1. The Kier molecular flexibility index (Phi) is 4.80. The molecule has 1 atom stereocenters. The maximum atomic E-state index is 12.4. The van der Waals surface area contributed by atoms with E-state index in [2.05, 4.69) is 9.72 Å². The van der Waals surface area contributed by atoms with Crippen LogP contribution in [0.4, 0.5) is 8.78 Å². The molecule has 0 saturated carbocycles. The van der Waals surface area contributed by atoms with Gasteiger partial charge in [-0.3, -0.25) is 4.79 Å². The van der Waals surface area contributed by atoms with Gasteiger partial charge in [-0.15, -0.1) is 0 Å². The van der Waals surface area contributed by atoms with Crippen molar-refractivity contribution < 1.29 is 22.7 Å². The number of ether oxygens (including phenoxy) is 1. The van der Waals surface area contributed by atoms with E-state index in [4.69, 9.17) is 4.42 Å². The average Bonchev–Trinajstić information content (AvgIpc) is 2.96. The molecule has 3 rings (SSSR count). The van der Waals surface area contributed by atoms with Crippen molar-refractivity contribution in [3.05, 3.63) is 54.1 Å². The molecule has 1 aromatic heterocycles. The van der Waals surface area contributed by atoms with E-state index in [0.29, 0.717) is 16.4 Å². The molecule has 0 aliphatic carbocycles. The Morgan fingerprint density at radius 1 is 1.17 bits per heavy atom.